The first kappa shape index (κ1) is 22.1. The lowest BCUT2D eigenvalue weighted by Gasteiger charge is -2.13. The van der Waals surface area contributed by atoms with Gasteiger partial charge in [-0.15, -0.1) is 0 Å². The van der Waals surface area contributed by atoms with Gasteiger partial charge in [-0.2, -0.15) is 0 Å². The third kappa shape index (κ3) is 4.16. The van der Waals surface area contributed by atoms with Crippen LogP contribution in [0.5, 0.6) is 11.5 Å². The summed E-state index contributed by atoms with van der Waals surface area (Å²) in [5, 5.41) is 0.630. The Balaban J connectivity index is 1.76. The van der Waals surface area contributed by atoms with Crippen LogP contribution in [0, 0.1) is 0 Å². The molecule has 170 valence electrons. The predicted molar refractivity (Wildman–Crippen MR) is 134 cm³/mol. The minimum Gasteiger partial charge on any atom is -0.455 e. The summed E-state index contributed by atoms with van der Waals surface area (Å²) < 4.78 is 48.6. The Morgan fingerprint density at radius 2 is 1.26 bits per heavy atom. The number of para-hydroxylation sites is 2. The summed E-state index contributed by atoms with van der Waals surface area (Å²) in [6, 6.07) is 33.6. The summed E-state index contributed by atoms with van der Waals surface area (Å²) >= 11 is 0. The van der Waals surface area contributed by atoms with E-state index in [-0.39, 0.29) is 10.6 Å². The fourth-order valence-corrected chi connectivity index (χ4v) is 6.62. The zero-order valence-corrected chi connectivity index (χ0v) is 19.7. The molecule has 0 saturated heterocycles. The van der Waals surface area contributed by atoms with Crippen LogP contribution in [0.25, 0.3) is 10.9 Å². The zero-order valence-electron chi connectivity index (χ0n) is 18.1. The van der Waals surface area contributed by atoms with Crippen LogP contribution in [0.1, 0.15) is 5.69 Å². The standard InChI is InChI=1S/C27H21NO4S2/c29-33(22-14-6-2-7-15-22)20-26-27(32-21-12-4-1-5-13-21)24-18-10-11-19-25(24)28(26)34(30,31)23-16-8-3-9-17-23/h1-19H,20H2. The van der Waals surface area contributed by atoms with E-state index >= 15 is 0 Å². The SMILES string of the molecule is O=S(Cc1c(Oc2ccccc2)c2ccccc2n1S(=O)(=O)c1ccccc1)c1ccccc1. The fourth-order valence-electron chi connectivity index (χ4n) is 3.83. The molecule has 0 spiro atoms. The monoisotopic (exact) mass is 487 g/mol. The maximum atomic E-state index is 13.9. The predicted octanol–water partition coefficient (Wildman–Crippen LogP) is 5.98. The van der Waals surface area contributed by atoms with E-state index in [1.54, 1.807) is 66.7 Å². The average Bonchev–Trinajstić information content (AvgIpc) is 3.19. The van der Waals surface area contributed by atoms with Crippen molar-refractivity contribution in [1.82, 2.24) is 3.97 Å². The van der Waals surface area contributed by atoms with Crippen LogP contribution in [0.2, 0.25) is 0 Å². The van der Waals surface area contributed by atoms with E-state index in [0.717, 1.165) is 0 Å². The smallest absolute Gasteiger partial charge is 0.268 e. The Morgan fingerprint density at radius 3 is 1.94 bits per heavy atom. The third-order valence-corrected chi connectivity index (χ3v) is 8.49. The molecule has 5 aromatic rings. The summed E-state index contributed by atoms with van der Waals surface area (Å²) in [5.74, 6) is 0.910. The lowest BCUT2D eigenvalue weighted by Crippen LogP contribution is -2.17. The molecule has 1 atom stereocenters. The molecule has 7 heteroatoms. The van der Waals surface area contributed by atoms with Crippen molar-refractivity contribution in [3.05, 3.63) is 121 Å². The van der Waals surface area contributed by atoms with Crippen molar-refractivity contribution in [2.45, 2.75) is 15.5 Å². The Bertz CT molecular complexity index is 1560. The van der Waals surface area contributed by atoms with Gasteiger partial charge in [0.2, 0.25) is 0 Å². The Kier molecular flexibility index (Phi) is 6.04. The van der Waals surface area contributed by atoms with E-state index in [4.69, 9.17) is 4.74 Å². The first-order chi connectivity index (χ1) is 16.6. The molecule has 0 aliphatic carbocycles. The molecule has 1 unspecified atom stereocenters. The summed E-state index contributed by atoms with van der Waals surface area (Å²) in [7, 11) is -5.49. The second-order valence-corrected chi connectivity index (χ2v) is 10.8. The van der Waals surface area contributed by atoms with Crippen LogP contribution in [0.4, 0.5) is 0 Å². The molecule has 5 rings (SSSR count). The van der Waals surface area contributed by atoms with Gasteiger partial charge in [0.05, 0.1) is 32.7 Å². The van der Waals surface area contributed by atoms with Gasteiger partial charge in [-0.3, -0.25) is 4.21 Å². The first-order valence-electron chi connectivity index (χ1n) is 10.6. The van der Waals surface area contributed by atoms with Crippen molar-refractivity contribution >= 4 is 31.7 Å². The molecule has 0 amide bonds. The van der Waals surface area contributed by atoms with Gasteiger partial charge in [0.25, 0.3) is 10.0 Å². The van der Waals surface area contributed by atoms with Gasteiger partial charge in [-0.25, -0.2) is 12.4 Å². The van der Waals surface area contributed by atoms with Crippen molar-refractivity contribution in [3.63, 3.8) is 0 Å². The van der Waals surface area contributed by atoms with E-state index < -0.39 is 20.8 Å². The number of benzene rings is 4. The van der Waals surface area contributed by atoms with Crippen LogP contribution in [-0.2, 0) is 26.6 Å². The number of rotatable bonds is 7. The Hall–Kier alpha value is -3.68. The minimum atomic E-state index is -3.99. The number of hydrogen-bond acceptors (Lipinski definition) is 4. The van der Waals surface area contributed by atoms with Gasteiger partial charge < -0.3 is 4.74 Å². The molecule has 0 radical (unpaired) electrons. The van der Waals surface area contributed by atoms with E-state index in [1.807, 2.05) is 48.5 Å². The van der Waals surface area contributed by atoms with Gasteiger partial charge in [0, 0.05) is 10.3 Å². The largest absolute Gasteiger partial charge is 0.455 e. The van der Waals surface area contributed by atoms with Gasteiger partial charge in [0.15, 0.2) is 5.75 Å². The van der Waals surface area contributed by atoms with Crippen molar-refractivity contribution < 1.29 is 17.4 Å². The average molecular weight is 488 g/mol. The van der Waals surface area contributed by atoms with Gasteiger partial charge >= 0.3 is 0 Å². The summed E-state index contributed by atoms with van der Waals surface area (Å²) in [5.41, 5.74) is 0.799. The van der Waals surface area contributed by atoms with E-state index in [0.29, 0.717) is 33.0 Å². The van der Waals surface area contributed by atoms with Crippen LogP contribution < -0.4 is 4.74 Å². The van der Waals surface area contributed by atoms with Crippen molar-refractivity contribution in [1.29, 1.82) is 0 Å². The molecule has 1 aromatic heterocycles. The molecule has 34 heavy (non-hydrogen) atoms. The maximum Gasteiger partial charge on any atom is 0.268 e. The first-order valence-corrected chi connectivity index (χ1v) is 13.4. The van der Waals surface area contributed by atoms with E-state index in [9.17, 15) is 12.6 Å². The van der Waals surface area contributed by atoms with Crippen LogP contribution >= 0.6 is 0 Å². The summed E-state index contributed by atoms with van der Waals surface area (Å²) in [6.07, 6.45) is 0. The number of fused-ring (bicyclic) bond motifs is 1. The highest BCUT2D eigenvalue weighted by Crippen LogP contribution is 2.39. The molecule has 0 N–H and O–H groups in total. The minimum absolute atomic E-state index is 0.0348. The normalized spacial score (nSPS) is 12.5. The molecule has 1 heterocycles. The van der Waals surface area contributed by atoms with E-state index in [2.05, 4.69) is 0 Å². The number of aromatic nitrogens is 1. The van der Waals surface area contributed by atoms with Crippen LogP contribution in [0.3, 0.4) is 0 Å². The second-order valence-electron chi connectivity index (χ2n) is 7.59. The molecular formula is C27H21NO4S2. The Morgan fingerprint density at radius 1 is 0.706 bits per heavy atom. The lowest BCUT2D eigenvalue weighted by molar-refractivity contribution is 0.482. The summed E-state index contributed by atoms with van der Waals surface area (Å²) in [4.78, 5) is 0.760. The number of ether oxygens (including phenoxy) is 1. The van der Waals surface area contributed by atoms with Gasteiger partial charge in [-0.1, -0.05) is 66.7 Å². The maximum absolute atomic E-state index is 13.9. The number of hydrogen-bond donors (Lipinski definition) is 0. The highest BCUT2D eigenvalue weighted by Gasteiger charge is 2.29. The van der Waals surface area contributed by atoms with Gasteiger partial charge in [0.1, 0.15) is 5.75 Å². The van der Waals surface area contributed by atoms with Crippen LogP contribution in [0.15, 0.2) is 125 Å². The Labute approximate surface area is 200 Å². The van der Waals surface area contributed by atoms with Crippen molar-refractivity contribution in [2.24, 2.45) is 0 Å². The molecule has 0 bridgehead atoms. The quantitative estimate of drug-likeness (QED) is 0.283. The molecular weight excluding hydrogens is 466 g/mol. The van der Waals surface area contributed by atoms with Crippen molar-refractivity contribution in [2.75, 3.05) is 0 Å². The fraction of sp³-hybridized carbons (Fsp3) is 0.0370. The molecule has 4 aromatic carbocycles. The van der Waals surface area contributed by atoms with Crippen LogP contribution in [-0.4, -0.2) is 16.6 Å². The molecule has 5 nitrogen and oxygen atoms in total. The highest BCUT2D eigenvalue weighted by molar-refractivity contribution is 7.90. The third-order valence-electron chi connectivity index (χ3n) is 5.39. The second kappa shape index (κ2) is 9.29. The van der Waals surface area contributed by atoms with Gasteiger partial charge in [-0.05, 0) is 48.5 Å². The molecule has 0 fully saturated rings. The topological polar surface area (TPSA) is 65.4 Å². The lowest BCUT2D eigenvalue weighted by atomic mass is 10.2. The molecule has 0 saturated carbocycles. The van der Waals surface area contributed by atoms with E-state index in [1.165, 1.54) is 3.97 Å². The zero-order chi connectivity index (χ0) is 23.5. The van der Waals surface area contributed by atoms with Crippen molar-refractivity contribution in [3.8, 4) is 11.5 Å². The molecule has 0 aliphatic heterocycles. The number of nitrogens with zero attached hydrogens (tertiary/aromatic N) is 1. The summed E-state index contributed by atoms with van der Waals surface area (Å²) in [6.45, 7) is 0. The molecule has 0 aliphatic rings. The highest BCUT2D eigenvalue weighted by atomic mass is 32.2.